The molecule has 0 amide bonds. The lowest BCUT2D eigenvalue weighted by atomic mass is 10.00. The first kappa shape index (κ1) is 14.3. The van der Waals surface area contributed by atoms with Gasteiger partial charge in [-0.25, -0.2) is 4.98 Å². The number of carbonyl (C=O) groups is 1. The molecule has 0 saturated carbocycles. The number of H-pyrrole nitrogens is 1. The zero-order valence-electron chi connectivity index (χ0n) is 12.9. The van der Waals surface area contributed by atoms with E-state index >= 15 is 0 Å². The van der Waals surface area contributed by atoms with Crippen LogP contribution in [0.15, 0.2) is 42.7 Å². The summed E-state index contributed by atoms with van der Waals surface area (Å²) in [5.74, 6) is 1.56. The quantitative estimate of drug-likeness (QED) is 0.711. The Kier molecular flexibility index (Phi) is 3.67. The third-order valence-corrected chi connectivity index (χ3v) is 3.65. The van der Waals surface area contributed by atoms with Crippen LogP contribution in [0.1, 0.15) is 42.6 Å². The summed E-state index contributed by atoms with van der Waals surface area (Å²) in [7, 11) is 0. The van der Waals surface area contributed by atoms with Gasteiger partial charge < -0.3 is 9.72 Å². The summed E-state index contributed by atoms with van der Waals surface area (Å²) in [4.78, 5) is 19.2. The van der Waals surface area contributed by atoms with Crippen molar-refractivity contribution in [2.45, 2.75) is 26.7 Å². The van der Waals surface area contributed by atoms with E-state index in [4.69, 9.17) is 4.74 Å². The number of hydrogen-bond donors (Lipinski definition) is 1. The molecular formula is C18H18N2O2. The number of aromatic amines is 1. The molecule has 2 aromatic heterocycles. The van der Waals surface area contributed by atoms with Gasteiger partial charge in [0, 0.05) is 11.6 Å². The second kappa shape index (κ2) is 5.64. The molecule has 3 rings (SSSR count). The molecule has 112 valence electrons. The Hall–Kier alpha value is -2.62. The Morgan fingerprint density at radius 2 is 2.05 bits per heavy atom. The van der Waals surface area contributed by atoms with Crippen molar-refractivity contribution in [1.29, 1.82) is 0 Å². The molecule has 0 fully saturated rings. The van der Waals surface area contributed by atoms with Crippen molar-refractivity contribution >= 4 is 16.8 Å². The van der Waals surface area contributed by atoms with Crippen molar-refractivity contribution in [2.75, 3.05) is 0 Å². The third kappa shape index (κ3) is 2.72. The predicted molar refractivity (Wildman–Crippen MR) is 86.7 cm³/mol. The van der Waals surface area contributed by atoms with E-state index in [-0.39, 0.29) is 5.78 Å². The minimum Gasteiger partial charge on any atom is -0.455 e. The van der Waals surface area contributed by atoms with E-state index < -0.39 is 0 Å². The SMILES string of the molecule is CC(=O)c1ccc(C(C)C)cc1Oc1cnc2[nH]ccc2c1. The Bertz CT molecular complexity index is 834. The standard InChI is InChI=1S/C18H18N2O2/c1-11(2)13-4-5-16(12(3)21)17(9-13)22-15-8-14-6-7-19-18(14)20-10-15/h4-11H,1-3H3,(H,19,20). The van der Waals surface area contributed by atoms with Gasteiger partial charge in [0.1, 0.15) is 17.1 Å². The fourth-order valence-corrected chi connectivity index (χ4v) is 2.38. The minimum absolute atomic E-state index is 0.0130. The van der Waals surface area contributed by atoms with Crippen molar-refractivity contribution in [1.82, 2.24) is 9.97 Å². The Labute approximate surface area is 129 Å². The van der Waals surface area contributed by atoms with Gasteiger partial charge in [0.25, 0.3) is 0 Å². The number of hydrogen-bond acceptors (Lipinski definition) is 3. The Morgan fingerprint density at radius 3 is 2.77 bits per heavy atom. The van der Waals surface area contributed by atoms with Crippen LogP contribution in [-0.2, 0) is 0 Å². The molecular weight excluding hydrogens is 276 g/mol. The highest BCUT2D eigenvalue weighted by Crippen LogP contribution is 2.30. The molecule has 0 unspecified atom stereocenters. The van der Waals surface area contributed by atoms with E-state index in [0.717, 1.165) is 16.6 Å². The summed E-state index contributed by atoms with van der Waals surface area (Å²) < 4.78 is 5.94. The fraction of sp³-hybridized carbons (Fsp3) is 0.222. The van der Waals surface area contributed by atoms with Crippen LogP contribution in [-0.4, -0.2) is 15.8 Å². The number of rotatable bonds is 4. The zero-order chi connectivity index (χ0) is 15.7. The number of nitrogens with zero attached hydrogens (tertiary/aromatic N) is 1. The Morgan fingerprint density at radius 1 is 1.23 bits per heavy atom. The summed E-state index contributed by atoms with van der Waals surface area (Å²) in [6, 6.07) is 9.58. The van der Waals surface area contributed by atoms with Gasteiger partial charge in [-0.1, -0.05) is 19.9 Å². The van der Waals surface area contributed by atoms with E-state index in [1.54, 1.807) is 13.1 Å². The number of fused-ring (bicyclic) bond motifs is 1. The van der Waals surface area contributed by atoms with Crippen molar-refractivity contribution in [3.05, 3.63) is 53.9 Å². The third-order valence-electron chi connectivity index (χ3n) is 3.65. The highest BCUT2D eigenvalue weighted by Gasteiger charge is 2.12. The molecule has 0 atom stereocenters. The lowest BCUT2D eigenvalue weighted by Crippen LogP contribution is -1.99. The highest BCUT2D eigenvalue weighted by molar-refractivity contribution is 5.97. The Balaban J connectivity index is 2.01. The zero-order valence-corrected chi connectivity index (χ0v) is 12.9. The van der Waals surface area contributed by atoms with E-state index in [0.29, 0.717) is 23.0 Å². The van der Waals surface area contributed by atoms with Gasteiger partial charge in [-0.3, -0.25) is 4.79 Å². The number of Topliss-reactive ketones (excluding diaryl/α,β-unsaturated/α-hetero) is 1. The lowest BCUT2D eigenvalue weighted by Gasteiger charge is -2.13. The number of carbonyl (C=O) groups excluding carboxylic acids is 1. The van der Waals surface area contributed by atoms with E-state index in [1.807, 2.05) is 36.5 Å². The molecule has 1 N–H and O–H groups in total. The van der Waals surface area contributed by atoms with Crippen LogP contribution in [0.2, 0.25) is 0 Å². The fourth-order valence-electron chi connectivity index (χ4n) is 2.38. The summed E-state index contributed by atoms with van der Waals surface area (Å²) >= 11 is 0. The van der Waals surface area contributed by atoms with Crippen LogP contribution in [0.3, 0.4) is 0 Å². The highest BCUT2D eigenvalue weighted by atomic mass is 16.5. The second-order valence-electron chi connectivity index (χ2n) is 5.66. The van der Waals surface area contributed by atoms with Crippen LogP contribution in [0.5, 0.6) is 11.5 Å². The molecule has 0 spiro atoms. The molecule has 22 heavy (non-hydrogen) atoms. The number of pyridine rings is 1. The van der Waals surface area contributed by atoms with Crippen molar-refractivity contribution in [2.24, 2.45) is 0 Å². The number of ether oxygens (including phenoxy) is 1. The van der Waals surface area contributed by atoms with Gasteiger partial charge in [-0.05, 0) is 42.7 Å². The van der Waals surface area contributed by atoms with Crippen molar-refractivity contribution in [3.8, 4) is 11.5 Å². The van der Waals surface area contributed by atoms with Crippen LogP contribution in [0.4, 0.5) is 0 Å². The van der Waals surface area contributed by atoms with Crippen LogP contribution < -0.4 is 4.74 Å². The van der Waals surface area contributed by atoms with E-state index in [9.17, 15) is 4.79 Å². The van der Waals surface area contributed by atoms with Gasteiger partial charge in [-0.15, -0.1) is 0 Å². The molecule has 0 aliphatic heterocycles. The summed E-state index contributed by atoms with van der Waals surface area (Å²) in [5.41, 5.74) is 2.53. The number of nitrogens with one attached hydrogen (secondary N) is 1. The first-order chi connectivity index (χ1) is 10.5. The molecule has 0 bridgehead atoms. The maximum atomic E-state index is 11.8. The topological polar surface area (TPSA) is 55.0 Å². The molecule has 4 nitrogen and oxygen atoms in total. The number of aromatic nitrogens is 2. The van der Waals surface area contributed by atoms with E-state index in [1.165, 1.54) is 0 Å². The van der Waals surface area contributed by atoms with Gasteiger partial charge in [0.05, 0.1) is 11.8 Å². The first-order valence-electron chi connectivity index (χ1n) is 7.30. The lowest BCUT2D eigenvalue weighted by molar-refractivity contribution is 0.101. The van der Waals surface area contributed by atoms with Crippen LogP contribution >= 0.6 is 0 Å². The number of benzene rings is 1. The largest absolute Gasteiger partial charge is 0.455 e. The van der Waals surface area contributed by atoms with E-state index in [2.05, 4.69) is 23.8 Å². The number of ketones is 1. The van der Waals surface area contributed by atoms with Crippen molar-refractivity contribution < 1.29 is 9.53 Å². The smallest absolute Gasteiger partial charge is 0.163 e. The first-order valence-corrected chi connectivity index (χ1v) is 7.30. The molecule has 0 radical (unpaired) electrons. The molecule has 3 aromatic rings. The molecule has 1 aromatic carbocycles. The van der Waals surface area contributed by atoms with Gasteiger partial charge in [0.15, 0.2) is 5.78 Å². The monoisotopic (exact) mass is 294 g/mol. The van der Waals surface area contributed by atoms with Crippen LogP contribution in [0.25, 0.3) is 11.0 Å². The average molecular weight is 294 g/mol. The van der Waals surface area contributed by atoms with Gasteiger partial charge in [-0.2, -0.15) is 0 Å². The average Bonchev–Trinajstić information content (AvgIpc) is 2.94. The summed E-state index contributed by atoms with van der Waals surface area (Å²) in [6.07, 6.45) is 3.49. The molecule has 0 aliphatic rings. The second-order valence-corrected chi connectivity index (χ2v) is 5.66. The minimum atomic E-state index is -0.0130. The van der Waals surface area contributed by atoms with Gasteiger partial charge >= 0.3 is 0 Å². The summed E-state index contributed by atoms with van der Waals surface area (Å²) in [6.45, 7) is 5.77. The molecule has 2 heterocycles. The van der Waals surface area contributed by atoms with Gasteiger partial charge in [0.2, 0.25) is 0 Å². The molecule has 4 heteroatoms. The van der Waals surface area contributed by atoms with Crippen molar-refractivity contribution in [3.63, 3.8) is 0 Å². The molecule has 0 aliphatic carbocycles. The van der Waals surface area contributed by atoms with Crippen LogP contribution in [0, 0.1) is 0 Å². The summed E-state index contributed by atoms with van der Waals surface area (Å²) in [5, 5.41) is 0.974. The predicted octanol–water partition coefficient (Wildman–Crippen LogP) is 4.68. The molecule has 0 saturated heterocycles. The maximum absolute atomic E-state index is 11.8. The maximum Gasteiger partial charge on any atom is 0.163 e. The normalized spacial score (nSPS) is 11.1.